The lowest BCUT2D eigenvalue weighted by molar-refractivity contribution is -0.0492. The first-order chi connectivity index (χ1) is 10.0. The van der Waals surface area contributed by atoms with Gasteiger partial charge in [-0.15, -0.1) is 0 Å². The van der Waals surface area contributed by atoms with Crippen molar-refractivity contribution in [3.05, 3.63) is 11.9 Å². The normalized spacial score (nSPS) is 37.0. The van der Waals surface area contributed by atoms with E-state index in [2.05, 4.69) is 5.10 Å². The summed E-state index contributed by atoms with van der Waals surface area (Å²) in [5.74, 6) is 3.23. The maximum absolute atomic E-state index is 12.8. The van der Waals surface area contributed by atoms with E-state index < -0.39 is 0 Å². The van der Waals surface area contributed by atoms with E-state index in [4.69, 9.17) is 5.73 Å². The van der Waals surface area contributed by atoms with Crippen LogP contribution in [0.2, 0.25) is 0 Å². The van der Waals surface area contributed by atoms with Gasteiger partial charge in [0.1, 0.15) is 0 Å². The predicted molar refractivity (Wildman–Crippen MR) is 80.5 cm³/mol. The molecule has 0 radical (unpaired) electrons. The number of nitrogens with zero attached hydrogens (tertiary/aromatic N) is 3. The van der Waals surface area contributed by atoms with Crippen molar-refractivity contribution >= 4 is 11.6 Å². The van der Waals surface area contributed by atoms with Crippen LogP contribution >= 0.6 is 0 Å². The summed E-state index contributed by atoms with van der Waals surface area (Å²) >= 11 is 0. The smallest absolute Gasteiger partial charge is 0.276 e. The minimum absolute atomic E-state index is 0.00873. The Kier molecular flexibility index (Phi) is 2.81. The SMILES string of the molecule is CN(C(=O)c1nn(C)cc1N)C1C2CC3CC(C2)CC1C3. The van der Waals surface area contributed by atoms with E-state index in [0.717, 1.165) is 11.8 Å². The summed E-state index contributed by atoms with van der Waals surface area (Å²) < 4.78 is 1.62. The van der Waals surface area contributed by atoms with E-state index in [1.807, 2.05) is 11.9 Å². The summed E-state index contributed by atoms with van der Waals surface area (Å²) in [7, 11) is 3.75. The van der Waals surface area contributed by atoms with Crippen LogP contribution in [-0.2, 0) is 7.05 Å². The quantitative estimate of drug-likeness (QED) is 0.904. The third-order valence-electron chi connectivity index (χ3n) is 6.00. The molecule has 1 amide bonds. The monoisotopic (exact) mass is 288 g/mol. The second-order valence-corrected chi connectivity index (χ2v) is 7.44. The Morgan fingerprint density at radius 2 is 1.81 bits per heavy atom. The topological polar surface area (TPSA) is 64.2 Å². The fourth-order valence-electron chi connectivity index (χ4n) is 5.50. The van der Waals surface area contributed by atoms with E-state index >= 15 is 0 Å². The summed E-state index contributed by atoms with van der Waals surface area (Å²) in [6.07, 6.45) is 8.39. The molecule has 0 spiro atoms. The number of aromatic nitrogens is 2. The molecule has 4 bridgehead atoms. The van der Waals surface area contributed by atoms with E-state index in [1.165, 1.54) is 32.1 Å². The third kappa shape index (κ3) is 1.97. The molecule has 114 valence electrons. The van der Waals surface area contributed by atoms with E-state index in [1.54, 1.807) is 17.9 Å². The van der Waals surface area contributed by atoms with Crippen LogP contribution in [0.1, 0.15) is 42.6 Å². The number of anilines is 1. The van der Waals surface area contributed by atoms with E-state index in [9.17, 15) is 4.79 Å². The molecule has 1 aromatic rings. The second-order valence-electron chi connectivity index (χ2n) is 7.44. The van der Waals surface area contributed by atoms with Crippen molar-refractivity contribution in [3.63, 3.8) is 0 Å². The number of carbonyl (C=O) groups excluding carboxylic acids is 1. The van der Waals surface area contributed by atoms with E-state index in [0.29, 0.717) is 29.3 Å². The van der Waals surface area contributed by atoms with Crippen LogP contribution in [-0.4, -0.2) is 33.7 Å². The molecule has 0 aromatic carbocycles. The number of aryl methyl sites for hydroxylation is 1. The van der Waals surface area contributed by atoms with Crippen molar-refractivity contribution in [1.82, 2.24) is 14.7 Å². The Morgan fingerprint density at radius 1 is 1.24 bits per heavy atom. The number of nitrogen functional groups attached to an aromatic ring is 1. The number of nitrogens with two attached hydrogens (primary N) is 1. The van der Waals surface area contributed by atoms with Gasteiger partial charge < -0.3 is 10.6 Å². The molecule has 21 heavy (non-hydrogen) atoms. The number of hydrogen-bond acceptors (Lipinski definition) is 3. The zero-order valence-corrected chi connectivity index (χ0v) is 12.8. The van der Waals surface area contributed by atoms with Gasteiger partial charge in [-0.1, -0.05) is 0 Å². The lowest BCUT2D eigenvalue weighted by Gasteiger charge is -2.56. The summed E-state index contributed by atoms with van der Waals surface area (Å²) in [4.78, 5) is 14.7. The summed E-state index contributed by atoms with van der Waals surface area (Å²) in [6.45, 7) is 0. The molecule has 4 aliphatic rings. The first-order valence-corrected chi connectivity index (χ1v) is 8.09. The standard InChI is InChI=1S/C16H24N4O/c1-19-8-13(17)14(18-19)16(21)20(2)15-11-4-9-3-10(6-11)7-12(15)5-9/h8-12,15H,3-7,17H2,1-2H3. The second kappa shape index (κ2) is 4.49. The molecular formula is C16H24N4O. The molecule has 2 N–H and O–H groups in total. The van der Waals surface area contributed by atoms with Crippen molar-refractivity contribution < 1.29 is 4.79 Å². The van der Waals surface area contributed by atoms with E-state index in [-0.39, 0.29) is 5.91 Å². The van der Waals surface area contributed by atoms with Gasteiger partial charge in [0.15, 0.2) is 5.69 Å². The average molecular weight is 288 g/mol. The minimum Gasteiger partial charge on any atom is -0.396 e. The first-order valence-electron chi connectivity index (χ1n) is 8.09. The molecule has 0 unspecified atom stereocenters. The van der Waals surface area contributed by atoms with Gasteiger partial charge in [0, 0.05) is 26.3 Å². The maximum atomic E-state index is 12.8. The molecular weight excluding hydrogens is 264 g/mol. The van der Waals surface area contributed by atoms with Crippen LogP contribution in [0.25, 0.3) is 0 Å². The Labute approximate surface area is 125 Å². The van der Waals surface area contributed by atoms with Crippen molar-refractivity contribution in [2.45, 2.75) is 38.1 Å². The number of amides is 1. The van der Waals surface area contributed by atoms with Crippen LogP contribution in [0.5, 0.6) is 0 Å². The molecule has 0 saturated heterocycles. The number of hydrogen-bond donors (Lipinski definition) is 1. The minimum atomic E-state index is -0.00873. The molecule has 1 heterocycles. The van der Waals surface area contributed by atoms with Gasteiger partial charge in [-0.3, -0.25) is 9.48 Å². The molecule has 4 aliphatic carbocycles. The predicted octanol–water partition coefficient (Wildman–Crippen LogP) is 1.90. The highest BCUT2D eigenvalue weighted by Crippen LogP contribution is 2.55. The van der Waals surface area contributed by atoms with Gasteiger partial charge in [-0.05, 0) is 55.8 Å². The maximum Gasteiger partial charge on any atom is 0.276 e. The van der Waals surface area contributed by atoms with Crippen molar-refractivity contribution in [2.75, 3.05) is 12.8 Å². The lowest BCUT2D eigenvalue weighted by atomic mass is 9.54. The molecule has 0 aliphatic heterocycles. The Balaban J connectivity index is 1.58. The Hall–Kier alpha value is -1.52. The molecule has 1 aromatic heterocycles. The Bertz CT molecular complexity index is 551. The zero-order chi connectivity index (χ0) is 14.7. The molecule has 4 fully saturated rings. The van der Waals surface area contributed by atoms with Crippen molar-refractivity contribution in [3.8, 4) is 0 Å². The van der Waals surface area contributed by atoms with Gasteiger partial charge in [0.25, 0.3) is 5.91 Å². The summed E-state index contributed by atoms with van der Waals surface area (Å²) in [6, 6.07) is 0.395. The largest absolute Gasteiger partial charge is 0.396 e. The van der Waals surface area contributed by atoms with Crippen LogP contribution in [0.3, 0.4) is 0 Å². The third-order valence-corrected chi connectivity index (χ3v) is 6.00. The van der Waals surface area contributed by atoms with Crippen molar-refractivity contribution in [2.24, 2.45) is 30.7 Å². The van der Waals surface area contributed by atoms with Crippen LogP contribution in [0.15, 0.2) is 6.20 Å². The molecule has 4 saturated carbocycles. The highest BCUT2D eigenvalue weighted by molar-refractivity contribution is 5.97. The average Bonchev–Trinajstić information content (AvgIpc) is 2.75. The number of carbonyl (C=O) groups is 1. The molecule has 5 rings (SSSR count). The van der Waals surface area contributed by atoms with Crippen molar-refractivity contribution in [1.29, 1.82) is 0 Å². The lowest BCUT2D eigenvalue weighted by Crippen LogP contribution is -2.56. The van der Waals surface area contributed by atoms with Gasteiger partial charge >= 0.3 is 0 Å². The van der Waals surface area contributed by atoms with Crippen LogP contribution in [0, 0.1) is 23.7 Å². The Morgan fingerprint density at radius 3 is 2.29 bits per heavy atom. The molecule has 0 atom stereocenters. The fourth-order valence-corrected chi connectivity index (χ4v) is 5.50. The summed E-state index contributed by atoms with van der Waals surface area (Å²) in [5, 5.41) is 4.24. The van der Waals surface area contributed by atoms with Gasteiger partial charge in [0.05, 0.1) is 5.69 Å². The zero-order valence-electron chi connectivity index (χ0n) is 12.8. The summed E-state index contributed by atoms with van der Waals surface area (Å²) in [5.41, 5.74) is 6.82. The van der Waals surface area contributed by atoms with Gasteiger partial charge in [-0.2, -0.15) is 5.10 Å². The van der Waals surface area contributed by atoms with Crippen LogP contribution in [0.4, 0.5) is 5.69 Å². The highest BCUT2D eigenvalue weighted by atomic mass is 16.2. The van der Waals surface area contributed by atoms with Gasteiger partial charge in [0.2, 0.25) is 0 Å². The first kappa shape index (κ1) is 13.2. The highest BCUT2D eigenvalue weighted by Gasteiger charge is 2.50. The molecule has 5 heteroatoms. The van der Waals surface area contributed by atoms with Gasteiger partial charge in [-0.25, -0.2) is 0 Å². The van der Waals surface area contributed by atoms with Crippen LogP contribution < -0.4 is 5.73 Å². The molecule has 5 nitrogen and oxygen atoms in total. The number of rotatable bonds is 2. The fraction of sp³-hybridized carbons (Fsp3) is 0.750.